The van der Waals surface area contributed by atoms with E-state index >= 15 is 0 Å². The number of benzene rings is 1. The Hall–Kier alpha value is -4.28. The normalized spacial score (nSPS) is 17.3. The lowest BCUT2D eigenvalue weighted by molar-refractivity contribution is -0.384. The minimum atomic E-state index is -1.11. The molecule has 1 aromatic heterocycles. The maximum atomic E-state index is 10.9. The number of nitro groups is 1. The summed E-state index contributed by atoms with van der Waals surface area (Å²) in [5.74, 6) is -3.17. The highest BCUT2D eigenvalue weighted by molar-refractivity contribution is 5.90. The summed E-state index contributed by atoms with van der Waals surface area (Å²) < 4.78 is 1.20. The van der Waals surface area contributed by atoms with Crippen molar-refractivity contribution in [3.63, 3.8) is 0 Å². The SMILES string of the molecule is CC1(C(=O)O)C=CC=C(C(=O)O)C1.O=C(O)c1ccnn1-c1ccc([N+](=O)[O-])cc1. The van der Waals surface area contributed by atoms with E-state index in [9.17, 15) is 24.5 Å². The third kappa shape index (κ3) is 4.95. The van der Waals surface area contributed by atoms with Crippen molar-refractivity contribution in [2.24, 2.45) is 5.41 Å². The fraction of sp³-hybridized carbons (Fsp3) is 0.158. The molecule has 0 saturated heterocycles. The Morgan fingerprint density at radius 1 is 1.10 bits per heavy atom. The number of nitrogens with zero attached hydrogens (tertiary/aromatic N) is 3. The summed E-state index contributed by atoms with van der Waals surface area (Å²) in [6.07, 6.45) is 5.79. The van der Waals surface area contributed by atoms with E-state index in [1.165, 1.54) is 66.4 Å². The Balaban J connectivity index is 0.000000222. The van der Waals surface area contributed by atoms with Gasteiger partial charge in [0.1, 0.15) is 0 Å². The van der Waals surface area contributed by atoms with Crippen LogP contribution in [0.5, 0.6) is 0 Å². The quantitative estimate of drug-likeness (QED) is 0.490. The second kappa shape index (κ2) is 8.82. The zero-order chi connectivity index (χ0) is 22.5. The number of non-ortho nitro benzene ring substituents is 1. The second-order valence-electron chi connectivity index (χ2n) is 6.46. The number of aromatic nitrogens is 2. The Labute approximate surface area is 169 Å². The Bertz CT molecular complexity index is 1050. The Morgan fingerprint density at radius 3 is 2.23 bits per heavy atom. The van der Waals surface area contributed by atoms with Crippen molar-refractivity contribution in [3.05, 3.63) is 76.1 Å². The minimum absolute atomic E-state index is 0.00106. The summed E-state index contributed by atoms with van der Waals surface area (Å²) in [6, 6.07) is 6.82. The van der Waals surface area contributed by atoms with Crippen molar-refractivity contribution in [2.75, 3.05) is 0 Å². The molecule has 0 amide bonds. The standard InChI is InChI=1S/C10H7N3O4.C9H10O4/c14-10(15)9-5-6-11-12(9)7-1-3-8(4-2-7)13(16)17;1-9(8(12)13)4-2-3-6(5-9)7(10)11/h1-6H,(H,14,15);2-4H,5H2,1H3,(H,10,11)(H,12,13). The lowest BCUT2D eigenvalue weighted by Gasteiger charge is -2.23. The van der Waals surface area contributed by atoms with Crippen LogP contribution in [0, 0.1) is 15.5 Å². The van der Waals surface area contributed by atoms with Crippen LogP contribution in [0.25, 0.3) is 5.69 Å². The molecule has 1 aliphatic rings. The van der Waals surface area contributed by atoms with Crippen molar-refractivity contribution in [2.45, 2.75) is 13.3 Å². The molecule has 3 rings (SSSR count). The van der Waals surface area contributed by atoms with Crippen LogP contribution in [0.3, 0.4) is 0 Å². The van der Waals surface area contributed by atoms with Crippen molar-refractivity contribution in [3.8, 4) is 5.69 Å². The van der Waals surface area contributed by atoms with E-state index in [1.54, 1.807) is 0 Å². The molecule has 2 aromatic rings. The molecule has 1 unspecified atom stereocenters. The number of rotatable bonds is 5. The molecule has 11 heteroatoms. The van der Waals surface area contributed by atoms with Gasteiger partial charge in [0.2, 0.25) is 0 Å². The average molecular weight is 415 g/mol. The van der Waals surface area contributed by atoms with Gasteiger partial charge in [-0.2, -0.15) is 5.10 Å². The van der Waals surface area contributed by atoms with Gasteiger partial charge in [-0.05, 0) is 31.5 Å². The zero-order valence-electron chi connectivity index (χ0n) is 15.6. The highest BCUT2D eigenvalue weighted by Gasteiger charge is 2.34. The van der Waals surface area contributed by atoms with Gasteiger partial charge in [-0.25, -0.2) is 14.3 Å². The van der Waals surface area contributed by atoms with E-state index in [0.717, 1.165) is 0 Å². The largest absolute Gasteiger partial charge is 0.481 e. The highest BCUT2D eigenvalue weighted by Crippen LogP contribution is 2.31. The number of allylic oxidation sites excluding steroid dienone is 2. The van der Waals surface area contributed by atoms with Gasteiger partial charge in [0, 0.05) is 17.7 Å². The maximum Gasteiger partial charge on any atom is 0.354 e. The second-order valence-corrected chi connectivity index (χ2v) is 6.46. The van der Waals surface area contributed by atoms with Crippen LogP contribution in [0.15, 0.2) is 60.3 Å². The topological polar surface area (TPSA) is 173 Å². The number of aromatic carboxylic acids is 1. The molecule has 0 aliphatic heterocycles. The van der Waals surface area contributed by atoms with E-state index in [4.69, 9.17) is 15.3 Å². The Kier molecular flexibility index (Phi) is 6.47. The van der Waals surface area contributed by atoms with E-state index in [-0.39, 0.29) is 23.4 Å². The molecule has 1 aromatic carbocycles. The van der Waals surface area contributed by atoms with Gasteiger partial charge in [-0.1, -0.05) is 18.2 Å². The average Bonchev–Trinajstić information content (AvgIpc) is 3.18. The predicted molar refractivity (Wildman–Crippen MR) is 102 cm³/mol. The molecule has 1 heterocycles. The number of hydrogen-bond donors (Lipinski definition) is 3. The number of hydrogen-bond acceptors (Lipinski definition) is 6. The van der Waals surface area contributed by atoms with Gasteiger partial charge in [0.25, 0.3) is 5.69 Å². The van der Waals surface area contributed by atoms with Crippen LogP contribution in [0.1, 0.15) is 23.8 Å². The third-order valence-corrected chi connectivity index (χ3v) is 4.25. The Morgan fingerprint density at radius 2 is 1.73 bits per heavy atom. The molecule has 0 saturated carbocycles. The zero-order valence-corrected chi connectivity index (χ0v) is 15.6. The van der Waals surface area contributed by atoms with E-state index in [0.29, 0.717) is 5.69 Å². The van der Waals surface area contributed by atoms with Gasteiger partial charge in [0.05, 0.1) is 22.2 Å². The number of nitro benzene ring substituents is 1. The summed E-state index contributed by atoms with van der Waals surface area (Å²) in [7, 11) is 0. The van der Waals surface area contributed by atoms with Crippen LogP contribution in [-0.4, -0.2) is 47.9 Å². The summed E-state index contributed by atoms with van der Waals surface area (Å²) in [5, 5.41) is 40.7. The van der Waals surface area contributed by atoms with E-state index in [1.807, 2.05) is 0 Å². The molecular weight excluding hydrogens is 398 g/mol. The van der Waals surface area contributed by atoms with Crippen LogP contribution in [-0.2, 0) is 9.59 Å². The van der Waals surface area contributed by atoms with Gasteiger partial charge in [-0.15, -0.1) is 0 Å². The van der Waals surface area contributed by atoms with Crippen LogP contribution < -0.4 is 0 Å². The molecular formula is C19H17N3O8. The number of carboxylic acids is 3. The smallest absolute Gasteiger partial charge is 0.354 e. The first-order valence-corrected chi connectivity index (χ1v) is 8.42. The maximum absolute atomic E-state index is 10.9. The molecule has 1 atom stereocenters. The van der Waals surface area contributed by atoms with Crippen LogP contribution in [0.4, 0.5) is 5.69 Å². The van der Waals surface area contributed by atoms with Crippen molar-refractivity contribution in [1.82, 2.24) is 9.78 Å². The van der Waals surface area contributed by atoms with Gasteiger partial charge in [-0.3, -0.25) is 14.9 Å². The highest BCUT2D eigenvalue weighted by atomic mass is 16.6. The molecule has 3 N–H and O–H groups in total. The predicted octanol–water partition coefficient (Wildman–Crippen LogP) is 2.53. The third-order valence-electron chi connectivity index (χ3n) is 4.25. The number of aliphatic carboxylic acids is 2. The summed E-state index contributed by atoms with van der Waals surface area (Å²) in [6.45, 7) is 1.50. The van der Waals surface area contributed by atoms with E-state index < -0.39 is 28.2 Å². The first kappa shape index (κ1) is 22.0. The van der Waals surface area contributed by atoms with E-state index in [2.05, 4.69) is 5.10 Å². The summed E-state index contributed by atoms with van der Waals surface area (Å²) in [4.78, 5) is 42.1. The molecule has 1 aliphatic carbocycles. The molecule has 30 heavy (non-hydrogen) atoms. The van der Waals surface area contributed by atoms with Crippen LogP contribution in [0.2, 0.25) is 0 Å². The van der Waals surface area contributed by atoms with Crippen LogP contribution >= 0.6 is 0 Å². The fourth-order valence-corrected chi connectivity index (χ4v) is 2.57. The monoisotopic (exact) mass is 415 g/mol. The summed E-state index contributed by atoms with van der Waals surface area (Å²) >= 11 is 0. The molecule has 11 nitrogen and oxygen atoms in total. The molecule has 0 radical (unpaired) electrons. The first-order valence-electron chi connectivity index (χ1n) is 8.42. The lowest BCUT2D eigenvalue weighted by atomic mass is 9.80. The molecule has 0 bridgehead atoms. The number of carboxylic acid groups (broad SMARTS) is 3. The first-order chi connectivity index (χ1) is 14.0. The van der Waals surface area contributed by atoms with Gasteiger partial charge < -0.3 is 15.3 Å². The van der Waals surface area contributed by atoms with Crippen molar-refractivity contribution < 1.29 is 34.6 Å². The minimum Gasteiger partial charge on any atom is -0.481 e. The number of carbonyl (C=O) groups is 3. The van der Waals surface area contributed by atoms with Gasteiger partial charge >= 0.3 is 17.9 Å². The summed E-state index contributed by atoms with van der Waals surface area (Å²) in [5.41, 5.74) is -0.551. The van der Waals surface area contributed by atoms with Crippen molar-refractivity contribution >= 4 is 23.6 Å². The van der Waals surface area contributed by atoms with Gasteiger partial charge in [0.15, 0.2) is 5.69 Å². The molecule has 0 spiro atoms. The molecule has 0 fully saturated rings. The van der Waals surface area contributed by atoms with Crippen molar-refractivity contribution in [1.29, 1.82) is 0 Å². The fourth-order valence-electron chi connectivity index (χ4n) is 2.57. The molecule has 156 valence electrons. The lowest BCUT2D eigenvalue weighted by Crippen LogP contribution is -2.28.